The Labute approximate surface area is 272 Å². The molecule has 6 rings (SSSR count). The molecule has 2 aliphatic rings. The fraction of sp³-hybridized carbons (Fsp3) is 0.111. The van der Waals surface area contributed by atoms with Gasteiger partial charge in [0.2, 0.25) is 9.84 Å². The first kappa shape index (κ1) is 30.0. The molecule has 2 nitrogen and oxygen atoms in total. The molecule has 4 aromatic carbocycles. The number of allylic oxidation sites excluding steroid dienone is 8. The third-order valence-electron chi connectivity index (χ3n) is 7.56. The number of benzene rings is 4. The molecule has 4 aromatic rings. The molecule has 0 atom stereocenters. The van der Waals surface area contributed by atoms with Gasteiger partial charge in [-0.2, -0.15) is 0 Å². The minimum absolute atomic E-state index is 0.211. The highest BCUT2D eigenvalue weighted by atomic mass is 35.5. The molecule has 0 aromatic heterocycles. The second-order valence-corrected chi connectivity index (χ2v) is 15.4. The molecule has 2 aliphatic carbocycles. The minimum atomic E-state index is -4.20. The molecule has 0 spiro atoms. The highest BCUT2D eigenvalue weighted by molar-refractivity contribution is 7.92. The second-order valence-electron chi connectivity index (χ2n) is 10.5. The molecule has 0 heterocycles. The summed E-state index contributed by atoms with van der Waals surface area (Å²) in [6.07, 6.45) is 11.5. The Kier molecular flexibility index (Phi) is 8.23. The van der Waals surface area contributed by atoms with E-state index in [2.05, 4.69) is 0 Å². The summed E-state index contributed by atoms with van der Waals surface area (Å²) in [7, 11) is -4.20. The predicted octanol–water partition coefficient (Wildman–Crippen LogP) is 10.9. The maximum absolute atomic E-state index is 15.4. The van der Waals surface area contributed by atoms with Crippen LogP contribution >= 0.6 is 46.4 Å². The van der Waals surface area contributed by atoms with Crippen molar-refractivity contribution in [1.82, 2.24) is 0 Å². The van der Waals surface area contributed by atoms with Crippen LogP contribution in [0.3, 0.4) is 0 Å². The zero-order chi connectivity index (χ0) is 30.2. The van der Waals surface area contributed by atoms with Crippen molar-refractivity contribution in [3.05, 3.63) is 145 Å². The summed E-state index contributed by atoms with van der Waals surface area (Å²) in [5.74, 6) is 0. The van der Waals surface area contributed by atoms with Crippen molar-refractivity contribution in [2.45, 2.75) is 31.3 Å². The van der Waals surface area contributed by atoms with E-state index in [1.807, 2.05) is 109 Å². The predicted molar refractivity (Wildman–Crippen MR) is 182 cm³/mol. The van der Waals surface area contributed by atoms with Crippen LogP contribution in [0.2, 0.25) is 0 Å². The lowest BCUT2D eigenvalue weighted by Crippen LogP contribution is -2.14. The largest absolute Gasteiger partial charge is 0.218 e. The fourth-order valence-electron chi connectivity index (χ4n) is 5.49. The van der Waals surface area contributed by atoms with Crippen LogP contribution in [0.15, 0.2) is 143 Å². The molecule has 0 saturated carbocycles. The first-order chi connectivity index (χ1) is 20.6. The Hall–Kier alpha value is -3.05. The van der Waals surface area contributed by atoms with Crippen molar-refractivity contribution < 1.29 is 8.42 Å². The van der Waals surface area contributed by atoms with Crippen LogP contribution in [0.5, 0.6) is 0 Å². The maximum atomic E-state index is 15.4. The number of alkyl halides is 4. The SMILES string of the molecule is O=S(=O)(c1c(C2=CCC(Cl)(Cl)C=C2)cccc1-c1ccccc1)c1c(C2=CCC(Cl)(Cl)C=C2)cccc1-c1ccccc1. The van der Waals surface area contributed by atoms with Gasteiger partial charge in [0.15, 0.2) is 0 Å². The molecular formula is C36H26Cl4O2S. The Morgan fingerprint density at radius 3 is 1.21 bits per heavy atom. The molecule has 0 unspecified atom stereocenters. The molecule has 0 aliphatic heterocycles. The smallest absolute Gasteiger partial charge is 0.209 e. The lowest BCUT2D eigenvalue weighted by atomic mass is 9.95. The van der Waals surface area contributed by atoms with E-state index in [1.165, 1.54) is 0 Å². The number of rotatable bonds is 6. The van der Waals surface area contributed by atoms with Crippen molar-refractivity contribution in [2.75, 3.05) is 0 Å². The molecule has 0 bridgehead atoms. The Bertz CT molecular complexity index is 1790. The van der Waals surface area contributed by atoms with Crippen LogP contribution in [-0.4, -0.2) is 17.1 Å². The summed E-state index contributed by atoms with van der Waals surface area (Å²) in [5, 5.41) is 0. The van der Waals surface area contributed by atoms with Gasteiger partial charge in [-0.05, 0) is 34.4 Å². The summed E-state index contributed by atoms with van der Waals surface area (Å²) < 4.78 is 28.7. The van der Waals surface area contributed by atoms with Crippen LogP contribution in [0, 0.1) is 0 Å². The summed E-state index contributed by atoms with van der Waals surface area (Å²) in [5.41, 5.74) is 5.39. The topological polar surface area (TPSA) is 34.1 Å². The van der Waals surface area contributed by atoms with Gasteiger partial charge < -0.3 is 0 Å². The molecule has 0 N–H and O–H groups in total. The third kappa shape index (κ3) is 6.16. The van der Waals surface area contributed by atoms with E-state index in [0.717, 1.165) is 22.3 Å². The van der Waals surface area contributed by atoms with Gasteiger partial charge in [-0.3, -0.25) is 0 Å². The molecule has 0 saturated heterocycles. The van der Waals surface area contributed by atoms with Gasteiger partial charge in [-0.25, -0.2) is 8.42 Å². The standard InChI is InChI=1S/C36H26Cl4O2S/c37-35(38)21-17-27(18-22-35)31-15-7-13-29(25-9-3-1-4-10-25)33(31)43(41,42)34-30(26-11-5-2-6-12-26)14-8-16-32(34)28-19-23-36(39,40)24-20-28/h1-21,23H,22,24H2. The Morgan fingerprint density at radius 1 is 0.488 bits per heavy atom. The monoisotopic (exact) mass is 662 g/mol. The molecule has 216 valence electrons. The van der Waals surface area contributed by atoms with E-state index in [0.29, 0.717) is 35.1 Å². The van der Waals surface area contributed by atoms with Crippen molar-refractivity contribution in [3.8, 4) is 22.3 Å². The van der Waals surface area contributed by atoms with E-state index in [1.54, 1.807) is 24.3 Å². The van der Waals surface area contributed by atoms with Crippen LogP contribution < -0.4 is 0 Å². The van der Waals surface area contributed by atoms with Crippen molar-refractivity contribution in [2.24, 2.45) is 0 Å². The normalized spacial score (nSPS) is 17.3. The molecule has 43 heavy (non-hydrogen) atoms. The van der Waals surface area contributed by atoms with Gasteiger partial charge in [0.25, 0.3) is 0 Å². The molecule has 0 fully saturated rings. The minimum Gasteiger partial charge on any atom is -0.218 e. The van der Waals surface area contributed by atoms with Gasteiger partial charge in [-0.15, -0.1) is 0 Å². The van der Waals surface area contributed by atoms with Gasteiger partial charge >= 0.3 is 0 Å². The quantitative estimate of drug-likeness (QED) is 0.192. The highest BCUT2D eigenvalue weighted by Crippen LogP contribution is 2.45. The number of hydrogen-bond acceptors (Lipinski definition) is 2. The lowest BCUT2D eigenvalue weighted by molar-refractivity contribution is 0.596. The zero-order valence-corrected chi connectivity index (χ0v) is 26.7. The number of halogens is 4. The summed E-state index contributed by atoms with van der Waals surface area (Å²) in [6, 6.07) is 30.2. The van der Waals surface area contributed by atoms with Crippen LogP contribution in [0.4, 0.5) is 0 Å². The average Bonchev–Trinajstić information content (AvgIpc) is 3.01. The molecular weight excluding hydrogens is 638 g/mol. The van der Waals surface area contributed by atoms with Gasteiger partial charge in [0.05, 0.1) is 9.79 Å². The van der Waals surface area contributed by atoms with Crippen LogP contribution in [0.1, 0.15) is 24.0 Å². The second kappa shape index (κ2) is 11.8. The summed E-state index contributed by atoms with van der Waals surface area (Å²) in [6.45, 7) is 0. The van der Waals surface area contributed by atoms with E-state index in [-0.39, 0.29) is 9.79 Å². The third-order valence-corrected chi connectivity index (χ3v) is 10.6. The maximum Gasteiger partial charge on any atom is 0.209 e. The number of hydrogen-bond donors (Lipinski definition) is 0. The summed E-state index contributed by atoms with van der Waals surface area (Å²) >= 11 is 25.5. The van der Waals surface area contributed by atoms with Crippen molar-refractivity contribution >= 4 is 67.4 Å². The Morgan fingerprint density at radius 2 is 0.860 bits per heavy atom. The molecule has 7 heteroatoms. The van der Waals surface area contributed by atoms with Gasteiger partial charge in [0.1, 0.15) is 8.67 Å². The van der Waals surface area contributed by atoms with Crippen molar-refractivity contribution in [3.63, 3.8) is 0 Å². The fourth-order valence-corrected chi connectivity index (χ4v) is 8.15. The number of sulfone groups is 1. The average molecular weight is 664 g/mol. The van der Waals surface area contributed by atoms with Gasteiger partial charge in [-0.1, -0.05) is 168 Å². The van der Waals surface area contributed by atoms with Crippen LogP contribution in [0.25, 0.3) is 33.4 Å². The zero-order valence-electron chi connectivity index (χ0n) is 22.9. The molecule has 0 amide bonds. The van der Waals surface area contributed by atoms with Gasteiger partial charge in [0, 0.05) is 35.1 Å². The first-order valence-electron chi connectivity index (χ1n) is 13.7. The van der Waals surface area contributed by atoms with E-state index >= 15 is 8.42 Å². The van der Waals surface area contributed by atoms with E-state index in [9.17, 15) is 0 Å². The van der Waals surface area contributed by atoms with E-state index < -0.39 is 18.5 Å². The van der Waals surface area contributed by atoms with Crippen molar-refractivity contribution in [1.29, 1.82) is 0 Å². The molecule has 0 radical (unpaired) electrons. The lowest BCUT2D eigenvalue weighted by Gasteiger charge is -2.24. The van der Waals surface area contributed by atoms with E-state index in [4.69, 9.17) is 46.4 Å². The van der Waals surface area contributed by atoms with Crippen LogP contribution in [-0.2, 0) is 9.84 Å². The highest BCUT2D eigenvalue weighted by Gasteiger charge is 2.34. The Balaban J connectivity index is 1.67. The first-order valence-corrected chi connectivity index (χ1v) is 16.7. The summed E-state index contributed by atoms with van der Waals surface area (Å²) in [4.78, 5) is 0.422.